The Hall–Kier alpha value is -2.82. The standard InChI is InChI=1S/C17H18N2O3/c1-19(14-8-4-2-5-9-14)17(21)12-18-16(20)13-22-15-10-6-3-7-11-15/h2-11H,12-13H2,1H3,(H,18,20). The highest BCUT2D eigenvalue weighted by Gasteiger charge is 2.12. The molecule has 0 saturated carbocycles. The molecule has 22 heavy (non-hydrogen) atoms. The van der Waals surface area contributed by atoms with Gasteiger partial charge >= 0.3 is 0 Å². The SMILES string of the molecule is CN(C(=O)CNC(=O)COc1ccccc1)c1ccccc1. The van der Waals surface area contributed by atoms with Gasteiger partial charge in [0.25, 0.3) is 5.91 Å². The summed E-state index contributed by atoms with van der Waals surface area (Å²) in [6, 6.07) is 18.3. The first-order valence-electron chi connectivity index (χ1n) is 6.93. The third kappa shape index (κ3) is 4.63. The highest BCUT2D eigenvalue weighted by Crippen LogP contribution is 2.10. The number of carbonyl (C=O) groups excluding carboxylic acids is 2. The molecule has 0 atom stereocenters. The van der Waals surface area contributed by atoms with Crippen LogP contribution >= 0.6 is 0 Å². The number of nitrogens with one attached hydrogen (secondary N) is 1. The molecule has 0 aliphatic heterocycles. The van der Waals surface area contributed by atoms with Gasteiger partial charge in [-0.25, -0.2) is 0 Å². The largest absolute Gasteiger partial charge is 0.484 e. The number of ether oxygens (including phenoxy) is 1. The Balaban J connectivity index is 1.75. The van der Waals surface area contributed by atoms with Crippen molar-refractivity contribution in [1.82, 2.24) is 5.32 Å². The number of benzene rings is 2. The summed E-state index contributed by atoms with van der Waals surface area (Å²) in [7, 11) is 1.67. The molecule has 0 spiro atoms. The van der Waals surface area contributed by atoms with Crippen LogP contribution in [-0.2, 0) is 9.59 Å². The quantitative estimate of drug-likeness (QED) is 0.885. The van der Waals surface area contributed by atoms with Crippen LogP contribution in [0.15, 0.2) is 60.7 Å². The van der Waals surface area contributed by atoms with Crippen LogP contribution in [0.2, 0.25) is 0 Å². The Bertz CT molecular complexity index is 614. The normalized spacial score (nSPS) is 9.86. The third-order valence-corrected chi connectivity index (χ3v) is 3.07. The molecule has 0 aromatic heterocycles. The van der Waals surface area contributed by atoms with E-state index in [-0.39, 0.29) is 25.0 Å². The van der Waals surface area contributed by atoms with Gasteiger partial charge in [-0.05, 0) is 24.3 Å². The fourth-order valence-corrected chi connectivity index (χ4v) is 1.81. The van der Waals surface area contributed by atoms with Gasteiger partial charge in [-0.2, -0.15) is 0 Å². The summed E-state index contributed by atoms with van der Waals surface area (Å²) in [5.41, 5.74) is 0.780. The molecule has 0 radical (unpaired) electrons. The van der Waals surface area contributed by atoms with Crippen LogP contribution in [0.4, 0.5) is 5.69 Å². The van der Waals surface area contributed by atoms with Crippen LogP contribution in [0.3, 0.4) is 0 Å². The van der Waals surface area contributed by atoms with Crippen molar-refractivity contribution in [2.24, 2.45) is 0 Å². The van der Waals surface area contributed by atoms with Crippen molar-refractivity contribution >= 4 is 17.5 Å². The molecule has 2 aromatic rings. The Morgan fingerprint density at radius 1 is 1.00 bits per heavy atom. The molecule has 0 fully saturated rings. The van der Waals surface area contributed by atoms with Gasteiger partial charge in [-0.3, -0.25) is 9.59 Å². The zero-order valence-electron chi connectivity index (χ0n) is 12.4. The lowest BCUT2D eigenvalue weighted by Gasteiger charge is -2.17. The molecular formula is C17H18N2O3. The maximum atomic E-state index is 12.0. The van der Waals surface area contributed by atoms with Crippen molar-refractivity contribution in [3.05, 3.63) is 60.7 Å². The monoisotopic (exact) mass is 298 g/mol. The molecule has 0 unspecified atom stereocenters. The number of likely N-dealkylation sites (N-methyl/N-ethyl adjacent to an activating group) is 1. The van der Waals surface area contributed by atoms with E-state index in [4.69, 9.17) is 4.74 Å². The van der Waals surface area contributed by atoms with Crippen molar-refractivity contribution in [1.29, 1.82) is 0 Å². The minimum absolute atomic E-state index is 0.0671. The van der Waals surface area contributed by atoms with Gasteiger partial charge in [0.15, 0.2) is 6.61 Å². The van der Waals surface area contributed by atoms with Gasteiger partial charge in [-0.1, -0.05) is 36.4 Å². The van der Waals surface area contributed by atoms with Gasteiger partial charge in [-0.15, -0.1) is 0 Å². The summed E-state index contributed by atoms with van der Waals surface area (Å²) in [5, 5.41) is 2.55. The van der Waals surface area contributed by atoms with Crippen molar-refractivity contribution in [2.45, 2.75) is 0 Å². The summed E-state index contributed by atoms with van der Waals surface area (Å²) in [4.78, 5) is 25.2. The number of para-hydroxylation sites is 2. The van der Waals surface area contributed by atoms with E-state index in [1.807, 2.05) is 48.5 Å². The first kappa shape index (κ1) is 15.6. The Morgan fingerprint density at radius 2 is 1.59 bits per heavy atom. The summed E-state index contributed by atoms with van der Waals surface area (Å²) in [5.74, 6) is 0.0864. The lowest BCUT2D eigenvalue weighted by Crippen LogP contribution is -2.39. The molecule has 0 bridgehead atoms. The fourth-order valence-electron chi connectivity index (χ4n) is 1.81. The summed E-state index contributed by atoms with van der Waals surface area (Å²) >= 11 is 0. The average Bonchev–Trinajstić information content (AvgIpc) is 2.58. The minimum atomic E-state index is -0.335. The second kappa shape index (κ2) is 7.83. The molecule has 5 heteroatoms. The van der Waals surface area contributed by atoms with Gasteiger partial charge in [0.2, 0.25) is 5.91 Å². The first-order chi connectivity index (χ1) is 10.7. The van der Waals surface area contributed by atoms with Crippen LogP contribution in [0.5, 0.6) is 5.75 Å². The zero-order chi connectivity index (χ0) is 15.8. The number of hydrogen-bond donors (Lipinski definition) is 1. The smallest absolute Gasteiger partial charge is 0.258 e. The van der Waals surface area contributed by atoms with E-state index in [0.717, 1.165) is 5.69 Å². The van der Waals surface area contributed by atoms with E-state index in [1.165, 1.54) is 4.90 Å². The topological polar surface area (TPSA) is 58.6 Å². The van der Waals surface area contributed by atoms with Crippen LogP contribution in [0.1, 0.15) is 0 Å². The fraction of sp³-hybridized carbons (Fsp3) is 0.176. The number of carbonyl (C=O) groups is 2. The summed E-state index contributed by atoms with van der Waals surface area (Å²) in [6.07, 6.45) is 0. The van der Waals surface area contributed by atoms with Crippen molar-refractivity contribution in [2.75, 3.05) is 25.1 Å². The lowest BCUT2D eigenvalue weighted by atomic mass is 10.3. The lowest BCUT2D eigenvalue weighted by molar-refractivity contribution is -0.126. The molecule has 2 rings (SSSR count). The van der Waals surface area contributed by atoms with Crippen LogP contribution in [0, 0.1) is 0 Å². The molecule has 0 heterocycles. The van der Waals surface area contributed by atoms with E-state index in [9.17, 15) is 9.59 Å². The summed E-state index contributed by atoms with van der Waals surface area (Å²) in [6.45, 7) is -0.186. The maximum Gasteiger partial charge on any atom is 0.258 e. The molecule has 5 nitrogen and oxygen atoms in total. The summed E-state index contributed by atoms with van der Waals surface area (Å²) < 4.78 is 5.31. The second-order valence-electron chi connectivity index (χ2n) is 4.67. The number of hydrogen-bond acceptors (Lipinski definition) is 3. The van der Waals surface area contributed by atoms with Crippen LogP contribution in [0.25, 0.3) is 0 Å². The second-order valence-corrected chi connectivity index (χ2v) is 4.67. The predicted molar refractivity (Wildman–Crippen MR) is 84.8 cm³/mol. The zero-order valence-corrected chi connectivity index (χ0v) is 12.4. The van der Waals surface area contributed by atoms with Crippen molar-refractivity contribution in [3.8, 4) is 5.75 Å². The predicted octanol–water partition coefficient (Wildman–Crippen LogP) is 1.84. The highest BCUT2D eigenvalue weighted by atomic mass is 16.5. The van der Waals surface area contributed by atoms with E-state index >= 15 is 0 Å². The molecular weight excluding hydrogens is 280 g/mol. The van der Waals surface area contributed by atoms with E-state index in [1.54, 1.807) is 19.2 Å². The maximum absolute atomic E-state index is 12.0. The molecule has 2 aromatic carbocycles. The molecule has 0 aliphatic rings. The highest BCUT2D eigenvalue weighted by molar-refractivity contribution is 5.96. The van der Waals surface area contributed by atoms with Crippen LogP contribution < -0.4 is 15.0 Å². The molecule has 0 saturated heterocycles. The Labute approximate surface area is 129 Å². The molecule has 2 amide bonds. The molecule has 114 valence electrons. The third-order valence-electron chi connectivity index (χ3n) is 3.07. The van der Waals surface area contributed by atoms with Gasteiger partial charge in [0, 0.05) is 12.7 Å². The van der Waals surface area contributed by atoms with E-state index in [0.29, 0.717) is 5.75 Å². The van der Waals surface area contributed by atoms with E-state index < -0.39 is 0 Å². The number of amides is 2. The number of anilines is 1. The van der Waals surface area contributed by atoms with E-state index in [2.05, 4.69) is 5.32 Å². The average molecular weight is 298 g/mol. The minimum Gasteiger partial charge on any atom is -0.484 e. The number of nitrogens with zero attached hydrogens (tertiary/aromatic N) is 1. The molecule has 1 N–H and O–H groups in total. The Kier molecular flexibility index (Phi) is 5.54. The van der Waals surface area contributed by atoms with Gasteiger partial charge < -0.3 is 15.0 Å². The number of rotatable bonds is 6. The van der Waals surface area contributed by atoms with Crippen LogP contribution in [-0.4, -0.2) is 32.0 Å². The Morgan fingerprint density at radius 3 is 2.23 bits per heavy atom. The molecule has 0 aliphatic carbocycles. The first-order valence-corrected chi connectivity index (χ1v) is 6.93. The van der Waals surface area contributed by atoms with Gasteiger partial charge in [0.05, 0.1) is 6.54 Å². The van der Waals surface area contributed by atoms with Crippen molar-refractivity contribution in [3.63, 3.8) is 0 Å². The van der Waals surface area contributed by atoms with Gasteiger partial charge in [0.1, 0.15) is 5.75 Å². The van der Waals surface area contributed by atoms with Crippen molar-refractivity contribution < 1.29 is 14.3 Å².